The minimum absolute atomic E-state index is 0.00968. The smallest absolute Gasteiger partial charge is 0.332 e. The number of carbonyl (C=O) groups excluding carboxylic acids is 1. The molecule has 9 heteroatoms. The van der Waals surface area contributed by atoms with Gasteiger partial charge in [-0.2, -0.15) is 0 Å². The van der Waals surface area contributed by atoms with Crippen LogP contribution in [0.1, 0.15) is 18.4 Å². The molecule has 1 unspecified atom stereocenters. The van der Waals surface area contributed by atoms with Crippen molar-refractivity contribution in [3.63, 3.8) is 0 Å². The number of methoxy groups -OCH3 is 1. The van der Waals surface area contributed by atoms with Gasteiger partial charge in [0, 0.05) is 25.6 Å². The summed E-state index contributed by atoms with van der Waals surface area (Å²) in [5.41, 5.74) is 1.43. The molecular weight excluding hydrogens is 448 g/mol. The number of benzene rings is 2. The molecule has 0 radical (unpaired) electrons. The molecule has 182 valence electrons. The van der Waals surface area contributed by atoms with Gasteiger partial charge in [0.25, 0.3) is 5.56 Å². The van der Waals surface area contributed by atoms with E-state index < -0.39 is 11.2 Å². The minimum atomic E-state index is -0.533. The summed E-state index contributed by atoms with van der Waals surface area (Å²) in [6.45, 7) is 0.983. The average molecular weight is 477 g/mol. The fraction of sp³-hybridized carbons (Fsp3) is 0.346. The molecule has 1 aliphatic heterocycles. The highest BCUT2D eigenvalue weighted by molar-refractivity contribution is 6.06. The highest BCUT2D eigenvalue weighted by Gasteiger charge is 2.23. The second kappa shape index (κ2) is 9.42. The van der Waals surface area contributed by atoms with Gasteiger partial charge in [0.2, 0.25) is 5.91 Å². The lowest BCUT2D eigenvalue weighted by Gasteiger charge is -2.15. The fourth-order valence-corrected chi connectivity index (χ4v) is 4.79. The number of aryl methyl sites for hydroxylation is 1. The van der Waals surface area contributed by atoms with Crippen molar-refractivity contribution in [1.29, 1.82) is 0 Å². The summed E-state index contributed by atoms with van der Waals surface area (Å²) in [5, 5.41) is 3.56. The topological polar surface area (TPSA) is 96.5 Å². The van der Waals surface area contributed by atoms with Crippen LogP contribution in [-0.4, -0.2) is 46.0 Å². The molecule has 1 saturated heterocycles. The zero-order chi connectivity index (χ0) is 24.5. The van der Waals surface area contributed by atoms with E-state index in [1.807, 2.05) is 36.4 Å². The van der Waals surface area contributed by atoms with Crippen molar-refractivity contribution in [3.05, 3.63) is 74.9 Å². The summed E-state index contributed by atoms with van der Waals surface area (Å²) in [4.78, 5) is 40.2. The number of nitrogens with one attached hydrogen (secondary N) is 1. The Morgan fingerprint density at radius 1 is 1.11 bits per heavy atom. The summed E-state index contributed by atoms with van der Waals surface area (Å²) < 4.78 is 15.3. The maximum atomic E-state index is 13.7. The normalized spacial score (nSPS) is 15.7. The Bertz CT molecular complexity index is 1510. The van der Waals surface area contributed by atoms with Gasteiger partial charge < -0.3 is 19.4 Å². The van der Waals surface area contributed by atoms with Crippen molar-refractivity contribution in [2.45, 2.75) is 32.0 Å². The number of fused-ring (bicyclic) bond motifs is 3. The van der Waals surface area contributed by atoms with Gasteiger partial charge >= 0.3 is 5.69 Å². The van der Waals surface area contributed by atoms with Crippen LogP contribution in [0.2, 0.25) is 0 Å². The van der Waals surface area contributed by atoms with E-state index in [9.17, 15) is 14.4 Å². The number of nitrogens with zero attached hydrogens (tertiary/aromatic N) is 3. The van der Waals surface area contributed by atoms with Crippen molar-refractivity contribution in [2.24, 2.45) is 7.05 Å². The monoisotopic (exact) mass is 476 g/mol. The van der Waals surface area contributed by atoms with Gasteiger partial charge in [0.15, 0.2) is 0 Å². The predicted octanol–water partition coefficient (Wildman–Crippen LogP) is 2.01. The highest BCUT2D eigenvalue weighted by atomic mass is 16.5. The number of hydrogen-bond acceptors (Lipinski definition) is 5. The first-order valence-electron chi connectivity index (χ1n) is 11.7. The number of ether oxygens (including phenoxy) is 2. The lowest BCUT2D eigenvalue weighted by Crippen LogP contribution is -2.43. The largest absolute Gasteiger partial charge is 0.497 e. The van der Waals surface area contributed by atoms with Gasteiger partial charge in [0.1, 0.15) is 17.8 Å². The Morgan fingerprint density at radius 2 is 1.91 bits per heavy atom. The molecule has 2 aromatic carbocycles. The second-order valence-corrected chi connectivity index (χ2v) is 8.82. The van der Waals surface area contributed by atoms with Crippen molar-refractivity contribution in [2.75, 3.05) is 20.3 Å². The molecule has 0 bridgehead atoms. The van der Waals surface area contributed by atoms with Crippen LogP contribution >= 0.6 is 0 Å². The summed E-state index contributed by atoms with van der Waals surface area (Å²) in [5.74, 6) is 0.286. The minimum Gasteiger partial charge on any atom is -0.497 e. The molecule has 1 amide bonds. The average Bonchev–Trinajstić information content (AvgIpc) is 3.50. The second-order valence-electron chi connectivity index (χ2n) is 8.82. The van der Waals surface area contributed by atoms with Crippen LogP contribution in [0.5, 0.6) is 5.75 Å². The molecule has 0 spiro atoms. The first-order chi connectivity index (χ1) is 17.0. The van der Waals surface area contributed by atoms with Crippen molar-refractivity contribution in [1.82, 2.24) is 19.0 Å². The Hall–Kier alpha value is -3.85. The molecule has 2 aromatic heterocycles. The van der Waals surface area contributed by atoms with Crippen LogP contribution in [0.15, 0.2) is 58.1 Å². The zero-order valence-electron chi connectivity index (χ0n) is 19.8. The Kier molecular flexibility index (Phi) is 6.17. The zero-order valence-corrected chi connectivity index (χ0v) is 19.8. The third-order valence-corrected chi connectivity index (χ3v) is 6.60. The lowest BCUT2D eigenvalue weighted by molar-refractivity contribution is -0.122. The van der Waals surface area contributed by atoms with Crippen molar-refractivity contribution >= 4 is 27.8 Å². The Morgan fingerprint density at radius 3 is 2.63 bits per heavy atom. The third-order valence-electron chi connectivity index (χ3n) is 6.60. The molecule has 3 heterocycles. The van der Waals surface area contributed by atoms with E-state index in [1.165, 1.54) is 9.13 Å². The molecule has 4 aromatic rings. The molecule has 1 fully saturated rings. The molecule has 1 atom stereocenters. The van der Waals surface area contributed by atoms with Crippen LogP contribution < -0.4 is 21.3 Å². The van der Waals surface area contributed by atoms with E-state index in [1.54, 1.807) is 30.9 Å². The number of rotatable bonds is 7. The number of amides is 1. The van der Waals surface area contributed by atoms with Crippen LogP contribution in [0, 0.1) is 0 Å². The maximum Gasteiger partial charge on any atom is 0.332 e. The fourth-order valence-electron chi connectivity index (χ4n) is 4.79. The molecule has 5 rings (SSSR count). The van der Waals surface area contributed by atoms with E-state index in [0.717, 1.165) is 23.9 Å². The van der Waals surface area contributed by atoms with E-state index in [0.29, 0.717) is 35.3 Å². The molecular formula is C26H28N4O5. The van der Waals surface area contributed by atoms with E-state index in [-0.39, 0.29) is 25.1 Å². The quantitative estimate of drug-likeness (QED) is 0.440. The summed E-state index contributed by atoms with van der Waals surface area (Å²) in [6, 6.07) is 14.8. The number of hydrogen-bond donors (Lipinski definition) is 1. The first-order valence-corrected chi connectivity index (χ1v) is 11.7. The molecule has 1 N–H and O–H groups in total. The van der Waals surface area contributed by atoms with E-state index in [2.05, 4.69) is 5.32 Å². The van der Waals surface area contributed by atoms with Gasteiger partial charge in [-0.1, -0.05) is 30.3 Å². The summed E-state index contributed by atoms with van der Waals surface area (Å²) in [6.07, 6.45) is 1.86. The predicted molar refractivity (Wildman–Crippen MR) is 133 cm³/mol. The summed E-state index contributed by atoms with van der Waals surface area (Å²) >= 11 is 0. The number of carbonyl (C=O) groups is 1. The van der Waals surface area contributed by atoms with Crippen molar-refractivity contribution < 1.29 is 14.3 Å². The Labute approximate surface area is 201 Å². The van der Waals surface area contributed by atoms with Gasteiger partial charge in [0.05, 0.1) is 30.8 Å². The first kappa shape index (κ1) is 22.9. The van der Waals surface area contributed by atoms with Crippen LogP contribution in [0.4, 0.5) is 0 Å². The van der Waals surface area contributed by atoms with Gasteiger partial charge in [-0.25, -0.2) is 4.79 Å². The molecule has 0 saturated carbocycles. The van der Waals surface area contributed by atoms with Crippen molar-refractivity contribution in [3.8, 4) is 5.75 Å². The van der Waals surface area contributed by atoms with Crippen LogP contribution in [0.25, 0.3) is 21.9 Å². The molecule has 1 aliphatic rings. The van der Waals surface area contributed by atoms with E-state index in [4.69, 9.17) is 9.47 Å². The Balaban J connectivity index is 1.67. The molecule has 35 heavy (non-hydrogen) atoms. The highest BCUT2D eigenvalue weighted by Crippen LogP contribution is 2.29. The standard InChI is InChI=1S/C26H28N4O5/c1-28-21-11-10-18(34-2)13-20(21)23-24(28)25(32)30(15-17-7-4-3-5-8-17)26(33)29(23)16-22(31)27-14-19-9-6-12-35-19/h3-5,7-8,10-11,13,19H,6,9,12,14-16H2,1-2H3,(H,27,31). The maximum absolute atomic E-state index is 13.7. The van der Waals surface area contributed by atoms with Gasteiger partial charge in [-0.15, -0.1) is 0 Å². The van der Waals surface area contributed by atoms with E-state index >= 15 is 0 Å². The van der Waals surface area contributed by atoms with Gasteiger partial charge in [-0.05, 0) is 36.6 Å². The third kappa shape index (κ3) is 4.23. The SMILES string of the molecule is COc1ccc2c(c1)c1c(c(=O)n(Cc3ccccc3)c(=O)n1CC(=O)NCC1CCCO1)n2C. The number of aromatic nitrogens is 3. The lowest BCUT2D eigenvalue weighted by atomic mass is 10.2. The van der Waals surface area contributed by atoms with Crippen LogP contribution in [-0.2, 0) is 29.7 Å². The van der Waals surface area contributed by atoms with Crippen LogP contribution in [0.3, 0.4) is 0 Å². The molecule has 9 nitrogen and oxygen atoms in total. The molecule has 0 aliphatic carbocycles. The summed E-state index contributed by atoms with van der Waals surface area (Å²) in [7, 11) is 3.35. The van der Waals surface area contributed by atoms with Gasteiger partial charge in [-0.3, -0.25) is 18.7 Å².